The minimum atomic E-state index is -4.54. The number of carbonyl (C=O) groups is 1. The third-order valence-corrected chi connectivity index (χ3v) is 10.6. The summed E-state index contributed by atoms with van der Waals surface area (Å²) in [5, 5.41) is 18.4. The van der Waals surface area contributed by atoms with Crippen LogP contribution in [0.2, 0.25) is 0 Å². The van der Waals surface area contributed by atoms with Crippen LogP contribution >= 0.6 is 7.82 Å². The lowest BCUT2D eigenvalue weighted by Gasteiger charge is -2.20. The smallest absolute Gasteiger partial charge is 0.457 e. The van der Waals surface area contributed by atoms with E-state index in [2.05, 4.69) is 86.8 Å². The van der Waals surface area contributed by atoms with E-state index in [1.165, 1.54) is 96.3 Å². The third-order valence-electron chi connectivity index (χ3n) is 9.66. The molecule has 0 aromatic carbocycles. The van der Waals surface area contributed by atoms with Crippen LogP contribution < -0.4 is 0 Å². The van der Waals surface area contributed by atoms with Crippen molar-refractivity contribution >= 4 is 13.8 Å². The highest BCUT2D eigenvalue weighted by Crippen LogP contribution is 2.43. The van der Waals surface area contributed by atoms with Gasteiger partial charge in [-0.15, -0.1) is 0 Å². The van der Waals surface area contributed by atoms with Gasteiger partial charge in [-0.05, 0) is 57.8 Å². The average molecular weight is 851 g/mol. The maximum Gasteiger partial charge on any atom is 0.472 e. The average Bonchev–Trinajstić information content (AvgIpc) is 3.23. The Labute approximate surface area is 361 Å². The first-order valence-electron chi connectivity index (χ1n) is 23.4. The summed E-state index contributed by atoms with van der Waals surface area (Å²) in [6, 6.07) is 0. The molecule has 0 heterocycles. The van der Waals surface area contributed by atoms with Gasteiger partial charge in [0.15, 0.2) is 0 Å². The number of phosphoric ester groups is 1. The van der Waals surface area contributed by atoms with Crippen LogP contribution in [0.4, 0.5) is 0 Å². The molecule has 0 bridgehead atoms. The second kappa shape index (κ2) is 45.4. The van der Waals surface area contributed by atoms with E-state index in [4.69, 9.17) is 23.6 Å². The van der Waals surface area contributed by atoms with Crippen LogP contribution in [0.1, 0.15) is 187 Å². The van der Waals surface area contributed by atoms with Crippen molar-refractivity contribution in [3.8, 4) is 0 Å². The van der Waals surface area contributed by atoms with Gasteiger partial charge >= 0.3 is 13.8 Å². The number of allylic oxidation sites excluding steroid dienone is 12. The van der Waals surface area contributed by atoms with E-state index in [1.54, 1.807) is 0 Å². The summed E-state index contributed by atoms with van der Waals surface area (Å²) < 4.78 is 33.4. The number of unbranched alkanes of at least 4 members (excludes halogenated alkanes) is 18. The number of hydrogen-bond acceptors (Lipinski definition) is 8. The Bertz CT molecular complexity index is 1150. The van der Waals surface area contributed by atoms with Gasteiger partial charge in [-0.1, -0.05) is 196 Å². The molecule has 0 aliphatic carbocycles. The topological polar surface area (TPSA) is 132 Å². The van der Waals surface area contributed by atoms with Crippen molar-refractivity contribution in [2.24, 2.45) is 0 Å². The molecule has 0 spiro atoms. The Kier molecular flexibility index (Phi) is 43.8. The summed E-state index contributed by atoms with van der Waals surface area (Å²) in [7, 11) is -4.54. The summed E-state index contributed by atoms with van der Waals surface area (Å²) in [5.41, 5.74) is 0. The van der Waals surface area contributed by atoms with Gasteiger partial charge in [-0.3, -0.25) is 13.8 Å². The molecule has 0 saturated carbocycles. The Morgan fingerprint density at radius 1 is 0.542 bits per heavy atom. The lowest BCUT2D eigenvalue weighted by molar-refractivity contribution is -0.154. The zero-order valence-corrected chi connectivity index (χ0v) is 38.3. The minimum Gasteiger partial charge on any atom is -0.457 e. The molecule has 0 rings (SSSR count). The van der Waals surface area contributed by atoms with Crippen molar-refractivity contribution in [2.45, 2.75) is 199 Å². The van der Waals surface area contributed by atoms with Crippen molar-refractivity contribution in [2.75, 3.05) is 33.0 Å². The molecule has 0 saturated heterocycles. The Morgan fingerprint density at radius 2 is 0.949 bits per heavy atom. The second-order valence-electron chi connectivity index (χ2n) is 15.4. The van der Waals surface area contributed by atoms with E-state index in [9.17, 15) is 19.4 Å². The fourth-order valence-electron chi connectivity index (χ4n) is 6.14. The van der Waals surface area contributed by atoms with E-state index in [1.807, 2.05) is 0 Å². The van der Waals surface area contributed by atoms with Crippen LogP contribution in [0.15, 0.2) is 72.9 Å². The quantitative estimate of drug-likeness (QED) is 0.0237. The van der Waals surface area contributed by atoms with Crippen molar-refractivity contribution in [3.05, 3.63) is 72.9 Å². The fourth-order valence-corrected chi connectivity index (χ4v) is 6.93. The van der Waals surface area contributed by atoms with E-state index >= 15 is 0 Å². The normalized spacial score (nSPS) is 14.6. The van der Waals surface area contributed by atoms with Crippen LogP contribution in [-0.4, -0.2) is 66.3 Å². The van der Waals surface area contributed by atoms with E-state index in [0.29, 0.717) is 6.61 Å². The van der Waals surface area contributed by atoms with Crippen molar-refractivity contribution in [1.29, 1.82) is 0 Å². The summed E-state index contributed by atoms with van der Waals surface area (Å²) in [6.07, 6.45) is 54.5. The first kappa shape index (κ1) is 56.9. The maximum absolute atomic E-state index is 12.6. The van der Waals surface area contributed by atoms with Crippen molar-refractivity contribution < 1.29 is 43.0 Å². The first-order chi connectivity index (χ1) is 28.8. The molecule has 0 radical (unpaired) electrons. The highest BCUT2D eigenvalue weighted by molar-refractivity contribution is 7.47. The minimum absolute atomic E-state index is 0.00782. The summed E-state index contributed by atoms with van der Waals surface area (Å²) in [6.45, 7) is 3.26. The van der Waals surface area contributed by atoms with Crippen LogP contribution in [0.5, 0.6) is 0 Å². The fraction of sp³-hybridized carbons (Fsp3) is 0.735. The van der Waals surface area contributed by atoms with Crippen molar-refractivity contribution in [3.63, 3.8) is 0 Å². The number of rotatable bonds is 44. The highest BCUT2D eigenvalue weighted by Gasteiger charge is 2.26. The molecule has 59 heavy (non-hydrogen) atoms. The van der Waals surface area contributed by atoms with Gasteiger partial charge in [-0.25, -0.2) is 4.57 Å². The number of carbonyl (C=O) groups excluding carboxylic acids is 1. The van der Waals surface area contributed by atoms with Gasteiger partial charge < -0.3 is 24.6 Å². The molecule has 3 N–H and O–H groups in total. The number of aliphatic hydroxyl groups excluding tert-OH is 2. The van der Waals surface area contributed by atoms with Gasteiger partial charge in [0.25, 0.3) is 0 Å². The molecular weight excluding hydrogens is 764 g/mol. The first-order valence-corrected chi connectivity index (χ1v) is 24.9. The van der Waals surface area contributed by atoms with Gasteiger partial charge in [-0.2, -0.15) is 0 Å². The van der Waals surface area contributed by atoms with Crippen LogP contribution in [0.25, 0.3) is 0 Å². The second-order valence-corrected chi connectivity index (χ2v) is 16.9. The van der Waals surface area contributed by atoms with E-state index in [-0.39, 0.29) is 13.0 Å². The van der Waals surface area contributed by atoms with Crippen LogP contribution in [-0.2, 0) is 27.9 Å². The van der Waals surface area contributed by atoms with Crippen LogP contribution in [0, 0.1) is 0 Å². The number of phosphoric acid groups is 1. The molecule has 0 aliphatic heterocycles. The number of esters is 1. The Morgan fingerprint density at radius 3 is 1.39 bits per heavy atom. The number of hydrogen-bond donors (Lipinski definition) is 3. The number of ether oxygens (including phenoxy) is 2. The molecule has 3 unspecified atom stereocenters. The standard InChI is InChI=1S/C49H87O9P/c1-3-5-7-9-11-13-15-17-19-21-23-24-26-28-30-32-34-36-38-40-42-55-45-48(46-57-59(53,54)56-44-47(51)43-50)58-49(52)41-39-37-35-33-31-29-27-25-22-20-18-16-14-12-10-8-6-4-2/h5,7,11,13,17,19,23-24,28,30,34,36,47-48,50-51H,3-4,6,8-10,12,14-16,18,20-22,25-27,29,31-33,35,37-46H2,1-2H3,(H,53,54)/b7-5-,13-11-,19-17-,24-23-,30-28-,36-34-. The lowest BCUT2D eigenvalue weighted by atomic mass is 10.0. The molecule has 0 aromatic heterocycles. The molecule has 9 nitrogen and oxygen atoms in total. The summed E-state index contributed by atoms with van der Waals surface area (Å²) in [4.78, 5) is 22.6. The van der Waals surface area contributed by atoms with Crippen LogP contribution in [0.3, 0.4) is 0 Å². The molecule has 0 fully saturated rings. The monoisotopic (exact) mass is 851 g/mol. The van der Waals surface area contributed by atoms with Gasteiger partial charge in [0.2, 0.25) is 0 Å². The molecule has 342 valence electrons. The molecule has 3 atom stereocenters. The lowest BCUT2D eigenvalue weighted by Crippen LogP contribution is -2.29. The Balaban J connectivity index is 4.24. The maximum atomic E-state index is 12.6. The van der Waals surface area contributed by atoms with E-state index < -0.39 is 45.8 Å². The largest absolute Gasteiger partial charge is 0.472 e. The number of aliphatic hydroxyl groups is 2. The van der Waals surface area contributed by atoms with Gasteiger partial charge in [0, 0.05) is 13.0 Å². The molecule has 10 heteroatoms. The van der Waals surface area contributed by atoms with Gasteiger partial charge in [0.05, 0.1) is 26.4 Å². The SMILES string of the molecule is CC/C=C\C/C=C\C/C=C\C/C=C\C/C=C\C/C=C\CCCOCC(COP(=O)(O)OCC(O)CO)OC(=O)CCCCCCCCCCCCCCCCCCCC. The van der Waals surface area contributed by atoms with E-state index in [0.717, 1.165) is 70.6 Å². The molecule has 0 aliphatic rings. The Hall–Kier alpha value is -2.10. The van der Waals surface area contributed by atoms with Crippen molar-refractivity contribution in [1.82, 2.24) is 0 Å². The zero-order chi connectivity index (χ0) is 43.2. The predicted octanol–water partition coefficient (Wildman–Crippen LogP) is 13.3. The molecule has 0 amide bonds. The highest BCUT2D eigenvalue weighted by atomic mass is 31.2. The zero-order valence-electron chi connectivity index (χ0n) is 37.4. The molecular formula is C49H87O9P. The predicted molar refractivity (Wildman–Crippen MR) is 246 cm³/mol. The third kappa shape index (κ3) is 45.3. The molecule has 0 aromatic rings. The summed E-state index contributed by atoms with van der Waals surface area (Å²) >= 11 is 0. The summed E-state index contributed by atoms with van der Waals surface area (Å²) in [5.74, 6) is -0.402. The van der Waals surface area contributed by atoms with Gasteiger partial charge in [0.1, 0.15) is 12.2 Å².